The molecule has 0 unspecified atom stereocenters. The maximum Gasteiger partial charge on any atom is 2.00 e. The second-order valence-electron chi connectivity index (χ2n) is 2.42. The minimum absolute atomic E-state index is 0. The maximum absolute atomic E-state index is 10.1. The van der Waals surface area contributed by atoms with Crippen molar-refractivity contribution >= 4 is 17.9 Å². The summed E-state index contributed by atoms with van der Waals surface area (Å²) < 4.78 is 0. The van der Waals surface area contributed by atoms with Crippen molar-refractivity contribution in [2.24, 2.45) is 0 Å². The van der Waals surface area contributed by atoms with Gasteiger partial charge in [-0.2, -0.15) is 0 Å². The van der Waals surface area contributed by atoms with Gasteiger partial charge in [0, 0.05) is 24.8 Å². The van der Waals surface area contributed by atoms with Crippen LogP contribution in [0.1, 0.15) is 12.8 Å². The third-order valence-electron chi connectivity index (χ3n) is 1.25. The first kappa shape index (κ1) is 24.8. The van der Waals surface area contributed by atoms with E-state index in [4.69, 9.17) is 5.11 Å². The van der Waals surface area contributed by atoms with Crippen LogP contribution < -0.4 is 27.7 Å². The first-order chi connectivity index (χ1) is 5.78. The largest absolute Gasteiger partial charge is 2.00 e. The Morgan fingerprint density at radius 1 is 1.00 bits per heavy atom. The molecule has 0 saturated carbocycles. The monoisotopic (exact) mass is 335 g/mol. The predicted molar refractivity (Wildman–Crippen MR) is 29.2 cm³/mol. The van der Waals surface area contributed by atoms with Gasteiger partial charge in [-0.25, -0.2) is 0 Å². The minimum Gasteiger partial charge on any atom is -1.00 e. The maximum atomic E-state index is 10.1. The van der Waals surface area contributed by atoms with E-state index in [1.807, 2.05) is 0 Å². The number of hydrogen-bond donors (Lipinski definition) is 1. The van der Waals surface area contributed by atoms with Crippen molar-refractivity contribution in [3.8, 4) is 0 Å². The van der Waals surface area contributed by atoms with E-state index in [9.17, 15) is 29.7 Å². The quantitative estimate of drug-likeness (QED) is 0.492. The predicted octanol–water partition coefficient (Wildman–Crippen LogP) is -8.25. The molecular weight excluding hydrogens is 330 g/mol. The molecule has 0 rings (SSSR count). The Morgan fingerprint density at radius 2 is 1.25 bits per heavy atom. The van der Waals surface area contributed by atoms with Gasteiger partial charge in [0.05, 0.1) is 5.97 Å². The molecule has 0 aliphatic rings. The Hall–Kier alpha value is -0.301. The van der Waals surface area contributed by atoms with E-state index < -0.39 is 36.4 Å². The molecule has 1 radical (unpaired) electrons. The average molecular weight is 335 g/mol. The number of hydrogen-bond acceptors (Lipinski definition) is 7. The van der Waals surface area contributed by atoms with Crippen LogP contribution in [-0.2, 0) is 48.5 Å². The molecule has 0 saturated heterocycles. The van der Waals surface area contributed by atoms with Gasteiger partial charge in [-0.15, -0.1) is 0 Å². The fraction of sp³-hybridized carbons (Fsp3) is 0.500. The van der Waals surface area contributed by atoms with Crippen LogP contribution in [0.5, 0.6) is 0 Å². The van der Waals surface area contributed by atoms with E-state index in [2.05, 4.69) is 0 Å². The van der Waals surface area contributed by atoms with Crippen molar-refractivity contribution in [1.29, 1.82) is 0 Å². The van der Waals surface area contributed by atoms with Gasteiger partial charge in [-0.05, 0) is 0 Å². The average Bonchev–Trinajstić information content (AvgIpc) is 1.82. The van der Waals surface area contributed by atoms with E-state index in [0.29, 0.717) is 0 Å². The summed E-state index contributed by atoms with van der Waals surface area (Å²) in [5.41, 5.74) is -2.97. The Balaban J connectivity index is -0.000000240. The summed E-state index contributed by atoms with van der Waals surface area (Å²) in [6, 6.07) is 0. The Kier molecular flexibility index (Phi) is 15.3. The zero-order valence-electron chi connectivity index (χ0n) is 7.42. The van der Waals surface area contributed by atoms with Crippen LogP contribution in [0.25, 0.3) is 0 Å². The van der Waals surface area contributed by atoms with Gasteiger partial charge in [0.15, 0.2) is 0 Å². The number of halogens is 1. The molecular formula is C6H5ClFeMnO7. The standard InChI is InChI=1S/C6H8O7.ClH.Fe.Mn/c7-3(8)1-6(13,5(11)12)2-4(9)10;;;/h13H,1-2H2,(H,7,8)(H,9,10)(H,11,12);1H;;/q;;2*+2/p-4. The van der Waals surface area contributed by atoms with E-state index in [-0.39, 0.29) is 46.5 Å². The number of aliphatic carboxylic acids is 3. The van der Waals surface area contributed by atoms with Gasteiger partial charge in [0.25, 0.3) is 0 Å². The summed E-state index contributed by atoms with van der Waals surface area (Å²) in [6.45, 7) is 0. The van der Waals surface area contributed by atoms with Gasteiger partial charge in [0.2, 0.25) is 0 Å². The van der Waals surface area contributed by atoms with Crippen LogP contribution >= 0.6 is 0 Å². The number of carbonyl (C=O) groups excluding carboxylic acids is 3. The van der Waals surface area contributed by atoms with Gasteiger partial charge in [0.1, 0.15) is 5.60 Å². The number of carboxylic acid groups (broad SMARTS) is 3. The van der Waals surface area contributed by atoms with Crippen molar-refractivity contribution < 1.29 is 81.4 Å². The normalized spacial score (nSPS) is 8.81. The molecule has 7 nitrogen and oxygen atoms in total. The van der Waals surface area contributed by atoms with E-state index in [1.165, 1.54) is 0 Å². The summed E-state index contributed by atoms with van der Waals surface area (Å²) >= 11 is 0. The van der Waals surface area contributed by atoms with Crippen molar-refractivity contribution in [1.82, 2.24) is 0 Å². The molecule has 10 heteroatoms. The fourth-order valence-electron chi connectivity index (χ4n) is 0.684. The smallest absolute Gasteiger partial charge is 1.00 e. The van der Waals surface area contributed by atoms with E-state index in [0.717, 1.165) is 0 Å². The first-order valence-corrected chi connectivity index (χ1v) is 3.11. The molecule has 93 valence electrons. The molecule has 0 aromatic heterocycles. The second-order valence-corrected chi connectivity index (χ2v) is 2.42. The zero-order chi connectivity index (χ0) is 10.6. The van der Waals surface area contributed by atoms with Crippen molar-refractivity contribution in [2.75, 3.05) is 0 Å². The molecule has 0 aliphatic carbocycles. The zero-order valence-corrected chi connectivity index (χ0v) is 10.5. The minimum atomic E-state index is -2.97. The molecule has 0 aliphatic heterocycles. The third-order valence-corrected chi connectivity index (χ3v) is 1.25. The van der Waals surface area contributed by atoms with Gasteiger partial charge in [-0.1, -0.05) is 0 Å². The molecule has 0 spiro atoms. The Bertz CT molecular complexity index is 243. The molecule has 0 bridgehead atoms. The van der Waals surface area contributed by atoms with Crippen LogP contribution in [0, 0.1) is 0 Å². The fourth-order valence-corrected chi connectivity index (χ4v) is 0.684. The van der Waals surface area contributed by atoms with Crippen molar-refractivity contribution in [2.45, 2.75) is 18.4 Å². The van der Waals surface area contributed by atoms with Crippen LogP contribution in [0.4, 0.5) is 0 Å². The van der Waals surface area contributed by atoms with Crippen LogP contribution in [-0.4, -0.2) is 28.6 Å². The Morgan fingerprint density at radius 3 is 1.38 bits per heavy atom. The van der Waals surface area contributed by atoms with Crippen molar-refractivity contribution in [3.05, 3.63) is 0 Å². The Labute approximate surface area is 118 Å². The first-order valence-electron chi connectivity index (χ1n) is 3.11. The van der Waals surface area contributed by atoms with Gasteiger partial charge in [-0.3, -0.25) is 0 Å². The van der Waals surface area contributed by atoms with E-state index in [1.54, 1.807) is 0 Å². The summed E-state index contributed by atoms with van der Waals surface area (Å²) in [7, 11) is 0. The van der Waals surface area contributed by atoms with Crippen LogP contribution in [0.3, 0.4) is 0 Å². The summed E-state index contributed by atoms with van der Waals surface area (Å²) in [6.07, 6.45) is -2.72. The SMILES string of the molecule is O=C([O-])CC(O)(CC(=O)[O-])C(=O)[O-].[Cl-].[Fe+2].[Mn+2]. The number of rotatable bonds is 5. The van der Waals surface area contributed by atoms with Crippen LogP contribution in [0.2, 0.25) is 0 Å². The summed E-state index contributed by atoms with van der Waals surface area (Å²) in [5.74, 6) is -5.98. The second kappa shape index (κ2) is 9.89. The van der Waals surface area contributed by atoms with Crippen LogP contribution in [0.15, 0.2) is 0 Å². The molecule has 0 heterocycles. The van der Waals surface area contributed by atoms with Gasteiger partial charge < -0.3 is 47.2 Å². The van der Waals surface area contributed by atoms with Gasteiger partial charge >= 0.3 is 34.1 Å². The summed E-state index contributed by atoms with van der Waals surface area (Å²) in [4.78, 5) is 30.0. The topological polar surface area (TPSA) is 141 Å². The molecule has 0 aromatic rings. The number of carboxylic acids is 3. The molecule has 1 N–H and O–H groups in total. The summed E-state index contributed by atoms with van der Waals surface area (Å²) in [5, 5.41) is 38.9. The number of aliphatic hydroxyl groups is 1. The molecule has 0 fully saturated rings. The molecule has 16 heavy (non-hydrogen) atoms. The molecule has 0 atom stereocenters. The van der Waals surface area contributed by atoms with E-state index >= 15 is 0 Å². The third kappa shape index (κ3) is 8.96. The number of carbonyl (C=O) groups is 3. The molecule has 0 amide bonds. The molecule has 0 aromatic carbocycles. The van der Waals surface area contributed by atoms with Crippen molar-refractivity contribution in [3.63, 3.8) is 0 Å².